The van der Waals surface area contributed by atoms with Crippen molar-refractivity contribution < 1.29 is 9.90 Å². The van der Waals surface area contributed by atoms with Gasteiger partial charge in [0.1, 0.15) is 0 Å². The summed E-state index contributed by atoms with van der Waals surface area (Å²) in [6, 6.07) is 0. The minimum Gasteiger partial charge on any atom is -0.389 e. The highest BCUT2D eigenvalue weighted by Crippen LogP contribution is 2.22. The molecule has 1 rings (SSSR count). The third-order valence-corrected chi connectivity index (χ3v) is 3.52. The molecule has 1 unspecified atom stereocenters. The van der Waals surface area contributed by atoms with Crippen molar-refractivity contribution in [3.05, 3.63) is 0 Å². The molecule has 0 bridgehead atoms. The average molecular weight is 228 g/mol. The standard InChI is InChI=1S/C12H24N2O2/c1-3-12(2,16)9-14-6-4-10(5-7-14)8-11(13)15/h10,16H,3-9H2,1-2H3,(H2,13,15). The van der Waals surface area contributed by atoms with Crippen molar-refractivity contribution in [2.45, 2.75) is 45.1 Å². The van der Waals surface area contributed by atoms with E-state index in [-0.39, 0.29) is 5.91 Å². The van der Waals surface area contributed by atoms with Crippen LogP contribution in [0.5, 0.6) is 0 Å². The van der Waals surface area contributed by atoms with E-state index in [2.05, 4.69) is 4.90 Å². The lowest BCUT2D eigenvalue weighted by atomic mass is 9.92. The zero-order valence-corrected chi connectivity index (χ0v) is 10.4. The number of carbonyl (C=O) groups is 1. The van der Waals surface area contributed by atoms with Gasteiger partial charge in [-0.3, -0.25) is 4.79 Å². The van der Waals surface area contributed by atoms with E-state index in [1.807, 2.05) is 13.8 Å². The van der Waals surface area contributed by atoms with Crippen LogP contribution in [-0.4, -0.2) is 41.1 Å². The zero-order valence-electron chi connectivity index (χ0n) is 10.4. The first kappa shape index (κ1) is 13.5. The molecule has 94 valence electrons. The number of β-amino-alcohol motifs (C(OH)–C–C–N with tert-alkyl or cyclic N) is 1. The Hall–Kier alpha value is -0.610. The van der Waals surface area contributed by atoms with Crippen LogP contribution in [0.15, 0.2) is 0 Å². The Labute approximate surface area is 97.8 Å². The lowest BCUT2D eigenvalue weighted by Crippen LogP contribution is -2.44. The van der Waals surface area contributed by atoms with E-state index in [4.69, 9.17) is 5.73 Å². The highest BCUT2D eigenvalue weighted by molar-refractivity contribution is 5.73. The maximum absolute atomic E-state index is 10.8. The van der Waals surface area contributed by atoms with Gasteiger partial charge in [0.05, 0.1) is 5.60 Å². The molecule has 1 heterocycles. The van der Waals surface area contributed by atoms with Crippen LogP contribution in [0.25, 0.3) is 0 Å². The fraction of sp³-hybridized carbons (Fsp3) is 0.917. The number of nitrogens with two attached hydrogens (primary N) is 1. The summed E-state index contributed by atoms with van der Waals surface area (Å²) in [5.41, 5.74) is 4.60. The molecule has 1 atom stereocenters. The van der Waals surface area contributed by atoms with Crippen molar-refractivity contribution in [2.75, 3.05) is 19.6 Å². The minimum atomic E-state index is -0.587. The summed E-state index contributed by atoms with van der Waals surface area (Å²) in [5.74, 6) is 0.249. The molecule has 0 radical (unpaired) electrons. The molecule has 1 amide bonds. The van der Waals surface area contributed by atoms with E-state index in [0.717, 1.165) is 38.9 Å². The van der Waals surface area contributed by atoms with Crippen LogP contribution in [0.2, 0.25) is 0 Å². The molecule has 1 aliphatic rings. The van der Waals surface area contributed by atoms with Crippen molar-refractivity contribution in [2.24, 2.45) is 11.7 Å². The Bertz CT molecular complexity index is 233. The fourth-order valence-corrected chi connectivity index (χ4v) is 2.23. The minimum absolute atomic E-state index is 0.195. The molecule has 4 nitrogen and oxygen atoms in total. The van der Waals surface area contributed by atoms with Gasteiger partial charge in [-0.15, -0.1) is 0 Å². The van der Waals surface area contributed by atoms with Gasteiger partial charge in [-0.1, -0.05) is 6.92 Å². The number of piperidine rings is 1. The Balaban J connectivity index is 2.29. The first-order valence-corrected chi connectivity index (χ1v) is 6.16. The largest absolute Gasteiger partial charge is 0.389 e. The van der Waals surface area contributed by atoms with Crippen LogP contribution >= 0.6 is 0 Å². The van der Waals surface area contributed by atoms with Gasteiger partial charge in [0.15, 0.2) is 0 Å². The van der Waals surface area contributed by atoms with Gasteiger partial charge in [0, 0.05) is 13.0 Å². The summed E-state index contributed by atoms with van der Waals surface area (Å²) >= 11 is 0. The Morgan fingerprint density at radius 3 is 2.50 bits per heavy atom. The predicted molar refractivity (Wildman–Crippen MR) is 63.9 cm³/mol. The van der Waals surface area contributed by atoms with Gasteiger partial charge in [-0.2, -0.15) is 0 Å². The molecule has 0 aliphatic carbocycles. The van der Waals surface area contributed by atoms with Crippen molar-refractivity contribution in [3.63, 3.8) is 0 Å². The molecule has 3 N–H and O–H groups in total. The van der Waals surface area contributed by atoms with E-state index >= 15 is 0 Å². The summed E-state index contributed by atoms with van der Waals surface area (Å²) < 4.78 is 0. The van der Waals surface area contributed by atoms with E-state index < -0.39 is 5.60 Å². The maximum Gasteiger partial charge on any atom is 0.217 e. The Morgan fingerprint density at radius 2 is 2.06 bits per heavy atom. The summed E-state index contributed by atoms with van der Waals surface area (Å²) in [7, 11) is 0. The third-order valence-electron chi connectivity index (χ3n) is 3.52. The number of nitrogens with zero attached hydrogens (tertiary/aromatic N) is 1. The number of likely N-dealkylation sites (tertiary alicyclic amines) is 1. The SMILES string of the molecule is CCC(C)(O)CN1CCC(CC(N)=O)CC1. The fourth-order valence-electron chi connectivity index (χ4n) is 2.23. The van der Waals surface area contributed by atoms with E-state index in [9.17, 15) is 9.90 Å². The molecule has 1 aliphatic heterocycles. The topological polar surface area (TPSA) is 66.6 Å². The number of amides is 1. The number of aliphatic hydroxyl groups is 1. The van der Waals surface area contributed by atoms with Crippen molar-refractivity contribution in [1.29, 1.82) is 0 Å². The predicted octanol–water partition coefficient (Wildman–Crippen LogP) is 0.735. The summed E-state index contributed by atoms with van der Waals surface area (Å²) in [5, 5.41) is 9.97. The molecule has 1 saturated heterocycles. The Morgan fingerprint density at radius 1 is 1.50 bits per heavy atom. The van der Waals surface area contributed by atoms with Crippen LogP contribution in [0.3, 0.4) is 0 Å². The lowest BCUT2D eigenvalue weighted by molar-refractivity contribution is -0.119. The highest BCUT2D eigenvalue weighted by atomic mass is 16.3. The van der Waals surface area contributed by atoms with Gasteiger partial charge >= 0.3 is 0 Å². The van der Waals surface area contributed by atoms with E-state index in [0.29, 0.717) is 12.3 Å². The smallest absolute Gasteiger partial charge is 0.217 e. The average Bonchev–Trinajstić information content (AvgIpc) is 2.20. The maximum atomic E-state index is 10.8. The summed E-state index contributed by atoms with van der Waals surface area (Å²) in [6.07, 6.45) is 3.32. The molecular weight excluding hydrogens is 204 g/mol. The molecule has 0 spiro atoms. The monoisotopic (exact) mass is 228 g/mol. The Kier molecular flexibility index (Phi) is 4.74. The lowest BCUT2D eigenvalue weighted by Gasteiger charge is -2.36. The van der Waals surface area contributed by atoms with Gasteiger partial charge in [-0.25, -0.2) is 0 Å². The van der Waals surface area contributed by atoms with Crippen LogP contribution in [-0.2, 0) is 4.79 Å². The normalized spacial score (nSPS) is 22.9. The van der Waals surface area contributed by atoms with Gasteiger partial charge in [-0.05, 0) is 45.2 Å². The molecule has 0 saturated carbocycles. The van der Waals surface area contributed by atoms with Gasteiger partial charge in [0.2, 0.25) is 5.91 Å². The second-order valence-corrected chi connectivity index (χ2v) is 5.24. The van der Waals surface area contributed by atoms with E-state index in [1.165, 1.54) is 0 Å². The zero-order chi connectivity index (χ0) is 12.2. The molecule has 0 aromatic heterocycles. The second-order valence-electron chi connectivity index (χ2n) is 5.24. The number of hydrogen-bond acceptors (Lipinski definition) is 3. The molecule has 0 aromatic carbocycles. The van der Waals surface area contributed by atoms with Crippen LogP contribution in [0, 0.1) is 5.92 Å². The second kappa shape index (κ2) is 5.64. The first-order valence-electron chi connectivity index (χ1n) is 6.16. The number of carbonyl (C=O) groups excluding carboxylic acids is 1. The summed E-state index contributed by atoms with van der Waals surface area (Å²) in [6.45, 7) is 6.54. The third kappa shape index (κ3) is 4.49. The molecule has 0 aromatic rings. The molecular formula is C12H24N2O2. The highest BCUT2D eigenvalue weighted by Gasteiger charge is 2.26. The molecule has 4 heteroatoms. The summed E-state index contributed by atoms with van der Waals surface area (Å²) in [4.78, 5) is 13.1. The van der Waals surface area contributed by atoms with Crippen LogP contribution in [0.4, 0.5) is 0 Å². The quantitative estimate of drug-likeness (QED) is 0.729. The van der Waals surface area contributed by atoms with Crippen molar-refractivity contribution in [1.82, 2.24) is 4.90 Å². The van der Waals surface area contributed by atoms with Crippen molar-refractivity contribution in [3.8, 4) is 0 Å². The number of primary amides is 1. The van der Waals surface area contributed by atoms with Crippen LogP contribution < -0.4 is 5.73 Å². The van der Waals surface area contributed by atoms with Gasteiger partial charge in [0.25, 0.3) is 0 Å². The first-order chi connectivity index (χ1) is 7.43. The number of rotatable bonds is 5. The molecule has 1 fully saturated rings. The van der Waals surface area contributed by atoms with Crippen LogP contribution in [0.1, 0.15) is 39.5 Å². The molecule has 16 heavy (non-hydrogen) atoms. The van der Waals surface area contributed by atoms with Gasteiger partial charge < -0.3 is 15.7 Å². The number of hydrogen-bond donors (Lipinski definition) is 2. The van der Waals surface area contributed by atoms with Crippen molar-refractivity contribution >= 4 is 5.91 Å². The van der Waals surface area contributed by atoms with E-state index in [1.54, 1.807) is 0 Å².